The molecule has 5 rings (SSSR count). The van der Waals surface area contributed by atoms with E-state index in [4.69, 9.17) is 0 Å². The van der Waals surface area contributed by atoms with Crippen molar-refractivity contribution >= 4 is 16.6 Å². The number of nitrogens with zero attached hydrogens (tertiary/aromatic N) is 3. The van der Waals surface area contributed by atoms with E-state index in [9.17, 15) is 0 Å². The highest BCUT2D eigenvalue weighted by Crippen LogP contribution is 2.37. The lowest BCUT2D eigenvalue weighted by Crippen LogP contribution is -2.55. The summed E-state index contributed by atoms with van der Waals surface area (Å²) in [6, 6.07) is 11.6. The second-order valence-corrected chi connectivity index (χ2v) is 6.91. The number of likely N-dealkylation sites (tertiary alicyclic amines) is 1. The zero-order valence-corrected chi connectivity index (χ0v) is 13.2. The van der Waals surface area contributed by atoms with E-state index in [2.05, 4.69) is 57.1 Å². The predicted molar refractivity (Wildman–Crippen MR) is 93.7 cm³/mol. The average Bonchev–Trinajstić information content (AvgIpc) is 3.14. The molecule has 2 atom stereocenters. The molecule has 2 saturated heterocycles. The van der Waals surface area contributed by atoms with Gasteiger partial charge >= 0.3 is 0 Å². The van der Waals surface area contributed by atoms with Crippen LogP contribution in [0.3, 0.4) is 0 Å². The van der Waals surface area contributed by atoms with Gasteiger partial charge in [-0.25, -0.2) is 0 Å². The molecule has 1 aromatic carbocycles. The molecule has 116 valence electrons. The molecule has 0 radical (unpaired) electrons. The standard InChI is InChI=1S/C19H20N4/c1-22-10-16-11-23(19(16)12-22)17-7-15(8-20-9-17)13-2-3-18-14(6-13)4-5-21-18/h2-9,16,19,21H,10-12H2,1H3/t16-,19-/m1/s1. The van der Waals surface area contributed by atoms with Crippen molar-refractivity contribution in [1.29, 1.82) is 0 Å². The lowest BCUT2D eigenvalue weighted by atomic mass is 9.91. The quantitative estimate of drug-likeness (QED) is 0.790. The second kappa shape index (κ2) is 4.83. The normalized spacial score (nSPS) is 24.0. The van der Waals surface area contributed by atoms with Gasteiger partial charge in [-0.2, -0.15) is 0 Å². The van der Waals surface area contributed by atoms with Crippen molar-refractivity contribution in [1.82, 2.24) is 14.9 Å². The van der Waals surface area contributed by atoms with E-state index < -0.39 is 0 Å². The van der Waals surface area contributed by atoms with Crippen molar-refractivity contribution in [3.05, 3.63) is 48.9 Å². The maximum Gasteiger partial charge on any atom is 0.0562 e. The number of pyridine rings is 1. The van der Waals surface area contributed by atoms with Crippen LogP contribution in [0.4, 0.5) is 5.69 Å². The molecule has 0 amide bonds. The lowest BCUT2D eigenvalue weighted by Gasteiger charge is -2.45. The number of likely N-dealkylation sites (N-methyl/N-ethyl adjacent to an activating group) is 1. The SMILES string of the molecule is CN1C[C@@H]2CN(c3cncc(-c4ccc5[nH]ccc5c4)c3)[C@@H]2C1. The Balaban J connectivity index is 1.48. The summed E-state index contributed by atoms with van der Waals surface area (Å²) < 4.78 is 0. The number of aromatic amines is 1. The highest BCUT2D eigenvalue weighted by Gasteiger charge is 2.44. The zero-order valence-electron chi connectivity index (χ0n) is 13.2. The van der Waals surface area contributed by atoms with Crippen LogP contribution in [0.5, 0.6) is 0 Å². The van der Waals surface area contributed by atoms with Crippen LogP contribution >= 0.6 is 0 Å². The van der Waals surface area contributed by atoms with Crippen LogP contribution in [0.1, 0.15) is 0 Å². The van der Waals surface area contributed by atoms with Crippen LogP contribution in [-0.4, -0.2) is 47.6 Å². The van der Waals surface area contributed by atoms with Crippen molar-refractivity contribution in [3.63, 3.8) is 0 Å². The van der Waals surface area contributed by atoms with Gasteiger partial charge in [0.25, 0.3) is 0 Å². The number of hydrogen-bond donors (Lipinski definition) is 1. The number of H-pyrrole nitrogens is 1. The maximum atomic E-state index is 4.50. The molecule has 2 aliphatic heterocycles. The number of nitrogens with one attached hydrogen (secondary N) is 1. The van der Waals surface area contributed by atoms with Crippen molar-refractivity contribution in [3.8, 4) is 11.1 Å². The highest BCUT2D eigenvalue weighted by molar-refractivity contribution is 5.85. The minimum Gasteiger partial charge on any atom is -0.365 e. The van der Waals surface area contributed by atoms with Gasteiger partial charge in [0, 0.05) is 55.1 Å². The number of rotatable bonds is 2. The Morgan fingerprint density at radius 2 is 2.00 bits per heavy atom. The van der Waals surface area contributed by atoms with Gasteiger partial charge in [-0.3, -0.25) is 4.98 Å². The minimum atomic E-state index is 0.671. The summed E-state index contributed by atoms with van der Waals surface area (Å²) in [5, 5.41) is 1.24. The van der Waals surface area contributed by atoms with Gasteiger partial charge in [-0.1, -0.05) is 6.07 Å². The van der Waals surface area contributed by atoms with Gasteiger partial charge in [0.2, 0.25) is 0 Å². The number of hydrogen-bond acceptors (Lipinski definition) is 3. The largest absolute Gasteiger partial charge is 0.365 e. The third-order valence-corrected chi connectivity index (χ3v) is 5.36. The minimum absolute atomic E-state index is 0.671. The average molecular weight is 304 g/mol. The zero-order chi connectivity index (χ0) is 15.4. The van der Waals surface area contributed by atoms with Gasteiger partial charge in [0.15, 0.2) is 0 Å². The molecule has 2 fully saturated rings. The molecule has 0 unspecified atom stereocenters. The van der Waals surface area contributed by atoms with Crippen LogP contribution in [0, 0.1) is 5.92 Å². The van der Waals surface area contributed by atoms with Gasteiger partial charge in [0.1, 0.15) is 0 Å². The highest BCUT2D eigenvalue weighted by atomic mass is 15.3. The summed E-state index contributed by atoms with van der Waals surface area (Å²) >= 11 is 0. The fraction of sp³-hybridized carbons (Fsp3) is 0.316. The smallest absolute Gasteiger partial charge is 0.0562 e. The van der Waals surface area contributed by atoms with Gasteiger partial charge in [0.05, 0.1) is 11.9 Å². The Bertz CT molecular complexity index is 868. The van der Waals surface area contributed by atoms with Crippen LogP contribution in [0.2, 0.25) is 0 Å². The molecule has 23 heavy (non-hydrogen) atoms. The number of aromatic nitrogens is 2. The Hall–Kier alpha value is -2.33. The lowest BCUT2D eigenvalue weighted by molar-refractivity contribution is 0.361. The van der Waals surface area contributed by atoms with Crippen molar-refractivity contribution in [2.24, 2.45) is 5.92 Å². The van der Waals surface area contributed by atoms with Crippen LogP contribution in [0.25, 0.3) is 22.0 Å². The van der Waals surface area contributed by atoms with E-state index in [0.29, 0.717) is 6.04 Å². The third kappa shape index (κ3) is 2.05. The van der Waals surface area contributed by atoms with Gasteiger partial charge < -0.3 is 14.8 Å². The van der Waals surface area contributed by atoms with E-state index >= 15 is 0 Å². The summed E-state index contributed by atoms with van der Waals surface area (Å²) in [6.45, 7) is 3.57. The fourth-order valence-electron chi connectivity index (χ4n) is 4.12. The first-order valence-corrected chi connectivity index (χ1v) is 8.26. The summed E-state index contributed by atoms with van der Waals surface area (Å²) in [7, 11) is 2.22. The van der Waals surface area contributed by atoms with Crippen LogP contribution < -0.4 is 4.90 Å². The number of benzene rings is 1. The second-order valence-electron chi connectivity index (χ2n) is 6.91. The topological polar surface area (TPSA) is 35.2 Å². The molecule has 0 spiro atoms. The molecular weight excluding hydrogens is 284 g/mol. The summed E-state index contributed by atoms with van der Waals surface area (Å²) in [6.07, 6.45) is 5.96. The molecule has 4 heteroatoms. The van der Waals surface area contributed by atoms with Crippen LogP contribution in [-0.2, 0) is 0 Å². The van der Waals surface area contributed by atoms with E-state index in [1.807, 2.05) is 18.6 Å². The number of anilines is 1. The number of fused-ring (bicyclic) bond motifs is 2. The summed E-state index contributed by atoms with van der Waals surface area (Å²) in [5.74, 6) is 0.833. The molecule has 1 N–H and O–H groups in total. The molecule has 2 aromatic heterocycles. The first-order valence-electron chi connectivity index (χ1n) is 8.26. The molecule has 4 heterocycles. The third-order valence-electron chi connectivity index (χ3n) is 5.36. The van der Waals surface area contributed by atoms with Crippen LogP contribution in [0.15, 0.2) is 48.9 Å². The van der Waals surface area contributed by atoms with E-state index in [1.165, 1.54) is 40.8 Å². The first kappa shape index (κ1) is 13.1. The predicted octanol–water partition coefficient (Wildman–Crippen LogP) is 2.98. The van der Waals surface area contributed by atoms with Crippen molar-refractivity contribution in [2.45, 2.75) is 6.04 Å². The molecule has 0 bridgehead atoms. The molecule has 0 aliphatic carbocycles. The maximum absolute atomic E-state index is 4.50. The molecule has 2 aliphatic rings. The monoisotopic (exact) mass is 304 g/mol. The Labute approximate surface area is 135 Å². The Kier molecular flexibility index (Phi) is 2.76. The van der Waals surface area contributed by atoms with E-state index in [1.54, 1.807) is 0 Å². The van der Waals surface area contributed by atoms with Crippen molar-refractivity contribution < 1.29 is 0 Å². The molecule has 0 saturated carbocycles. The summed E-state index contributed by atoms with van der Waals surface area (Å²) in [4.78, 5) is 12.7. The molecule has 4 nitrogen and oxygen atoms in total. The molecule has 3 aromatic rings. The first-order chi connectivity index (χ1) is 11.3. The Morgan fingerprint density at radius 3 is 2.91 bits per heavy atom. The Morgan fingerprint density at radius 1 is 1.04 bits per heavy atom. The molecular formula is C19H20N4. The van der Waals surface area contributed by atoms with Gasteiger partial charge in [-0.15, -0.1) is 0 Å². The summed E-state index contributed by atoms with van der Waals surface area (Å²) in [5.41, 5.74) is 4.86. The fourth-order valence-corrected chi connectivity index (χ4v) is 4.12. The van der Waals surface area contributed by atoms with E-state index in [0.717, 1.165) is 12.5 Å². The van der Waals surface area contributed by atoms with E-state index in [-0.39, 0.29) is 0 Å². The van der Waals surface area contributed by atoms with Gasteiger partial charge in [-0.05, 0) is 42.3 Å². The van der Waals surface area contributed by atoms with Crippen molar-refractivity contribution in [2.75, 3.05) is 31.6 Å².